The van der Waals surface area contributed by atoms with Crippen LogP contribution in [0.2, 0.25) is 0 Å². The van der Waals surface area contributed by atoms with Crippen LogP contribution in [0.1, 0.15) is 18.5 Å². The van der Waals surface area contributed by atoms with Crippen LogP contribution in [0, 0.1) is 19.5 Å². The monoisotopic (exact) mass is 386 g/mol. The summed E-state index contributed by atoms with van der Waals surface area (Å²) >= 11 is 2.21. The van der Waals surface area contributed by atoms with Crippen LogP contribution in [0.25, 0.3) is 0 Å². The molecule has 1 atom stereocenters. The van der Waals surface area contributed by atoms with Gasteiger partial charge in [0.1, 0.15) is 5.82 Å². The third kappa shape index (κ3) is 3.66. The fourth-order valence-corrected chi connectivity index (χ4v) is 2.21. The molecule has 0 radical (unpaired) electrons. The molecule has 20 heavy (non-hydrogen) atoms. The van der Waals surface area contributed by atoms with Gasteiger partial charge in [-0.25, -0.2) is 4.39 Å². The Labute approximate surface area is 129 Å². The summed E-state index contributed by atoms with van der Waals surface area (Å²) in [5.41, 5.74) is 1.15. The van der Waals surface area contributed by atoms with Crippen LogP contribution < -0.4 is 5.32 Å². The molecule has 0 fully saturated rings. The van der Waals surface area contributed by atoms with E-state index in [0.29, 0.717) is 5.69 Å². The average molecular weight is 386 g/mol. The quantitative estimate of drug-likeness (QED) is 0.478. The molecule has 0 aliphatic rings. The zero-order valence-electron chi connectivity index (χ0n) is 10.6. The molecule has 0 aliphatic heterocycles. The molecule has 0 spiro atoms. The molecule has 0 heterocycles. The molecule has 4 nitrogen and oxygen atoms in total. The van der Waals surface area contributed by atoms with Gasteiger partial charge in [-0.1, -0.05) is 12.1 Å². The van der Waals surface area contributed by atoms with Gasteiger partial charge >= 0.3 is 0 Å². The third-order valence-electron chi connectivity index (χ3n) is 2.85. The summed E-state index contributed by atoms with van der Waals surface area (Å²) in [5.74, 6) is -0.628. The maximum absolute atomic E-state index is 13.3. The number of hydrogen-bond donors (Lipinski definition) is 1. The maximum Gasteiger partial charge on any atom is 0.274 e. The maximum atomic E-state index is 13.3. The summed E-state index contributed by atoms with van der Waals surface area (Å²) in [6, 6.07) is 11.3. The van der Waals surface area contributed by atoms with Crippen LogP contribution in [0.15, 0.2) is 42.5 Å². The molecule has 0 aliphatic carbocycles. The number of nitrogens with zero attached hydrogens (tertiary/aromatic N) is 1. The molecular weight excluding hydrogens is 374 g/mol. The van der Waals surface area contributed by atoms with Crippen LogP contribution in [-0.2, 0) is 0 Å². The number of hydrogen-bond acceptors (Lipinski definition) is 3. The molecule has 0 saturated carbocycles. The Kier molecular flexibility index (Phi) is 4.53. The van der Waals surface area contributed by atoms with Crippen molar-refractivity contribution >= 4 is 34.0 Å². The van der Waals surface area contributed by atoms with Crippen molar-refractivity contribution in [3.63, 3.8) is 0 Å². The topological polar surface area (TPSA) is 55.2 Å². The Morgan fingerprint density at radius 1 is 1.25 bits per heavy atom. The Balaban J connectivity index is 2.21. The first-order valence-electron chi connectivity index (χ1n) is 5.92. The van der Waals surface area contributed by atoms with E-state index in [1.54, 1.807) is 0 Å². The molecule has 0 saturated heterocycles. The Morgan fingerprint density at radius 3 is 2.50 bits per heavy atom. The Hall–Kier alpha value is -1.70. The van der Waals surface area contributed by atoms with Gasteiger partial charge < -0.3 is 5.32 Å². The summed E-state index contributed by atoms with van der Waals surface area (Å²) in [5, 5.41) is 13.8. The van der Waals surface area contributed by atoms with Crippen molar-refractivity contribution in [1.29, 1.82) is 0 Å². The zero-order chi connectivity index (χ0) is 14.7. The van der Waals surface area contributed by atoms with Crippen molar-refractivity contribution < 1.29 is 9.31 Å². The molecule has 0 amide bonds. The van der Waals surface area contributed by atoms with E-state index in [-0.39, 0.29) is 11.7 Å². The first-order chi connectivity index (χ1) is 9.45. The highest BCUT2D eigenvalue weighted by atomic mass is 127. The Bertz CT molecular complexity index is 632. The second-order valence-electron chi connectivity index (χ2n) is 4.37. The fourth-order valence-electron chi connectivity index (χ4n) is 1.85. The highest BCUT2D eigenvalue weighted by Crippen LogP contribution is 2.24. The lowest BCUT2D eigenvalue weighted by molar-refractivity contribution is -0.385. The second kappa shape index (κ2) is 6.17. The predicted octanol–water partition coefficient (Wildman–Crippen LogP) is 4.51. The van der Waals surface area contributed by atoms with E-state index in [1.807, 2.05) is 31.2 Å². The number of nitro benzene ring substituents is 1. The number of benzene rings is 2. The van der Waals surface area contributed by atoms with Gasteiger partial charge in [0.2, 0.25) is 0 Å². The van der Waals surface area contributed by atoms with Crippen LogP contribution >= 0.6 is 22.6 Å². The fraction of sp³-hybridized carbons (Fsp3) is 0.143. The van der Waals surface area contributed by atoms with Crippen LogP contribution in [0.5, 0.6) is 0 Å². The van der Waals surface area contributed by atoms with Crippen LogP contribution in [0.4, 0.5) is 15.8 Å². The minimum absolute atomic E-state index is 0.0756. The van der Waals surface area contributed by atoms with Crippen molar-refractivity contribution in [2.75, 3.05) is 5.32 Å². The molecule has 6 heteroatoms. The average Bonchev–Trinajstić information content (AvgIpc) is 2.38. The highest BCUT2D eigenvalue weighted by Gasteiger charge is 2.12. The number of nitro groups is 1. The lowest BCUT2D eigenvalue weighted by atomic mass is 10.1. The molecule has 104 valence electrons. The van der Waals surface area contributed by atoms with Crippen molar-refractivity contribution in [2.24, 2.45) is 0 Å². The van der Waals surface area contributed by atoms with E-state index < -0.39 is 10.7 Å². The van der Waals surface area contributed by atoms with E-state index in [1.165, 1.54) is 12.1 Å². The molecule has 2 aromatic carbocycles. The lowest BCUT2D eigenvalue weighted by Gasteiger charge is -2.15. The van der Waals surface area contributed by atoms with Gasteiger partial charge in [0.25, 0.3) is 5.69 Å². The number of anilines is 1. The van der Waals surface area contributed by atoms with Gasteiger partial charge in [-0.2, -0.15) is 0 Å². The van der Waals surface area contributed by atoms with Crippen molar-refractivity contribution in [3.8, 4) is 0 Å². The van der Waals surface area contributed by atoms with Gasteiger partial charge in [0.05, 0.1) is 11.0 Å². The van der Waals surface area contributed by atoms with Crippen LogP contribution in [-0.4, -0.2) is 4.92 Å². The molecule has 1 unspecified atom stereocenters. The number of rotatable bonds is 4. The van der Waals surface area contributed by atoms with Crippen molar-refractivity contribution in [2.45, 2.75) is 13.0 Å². The van der Waals surface area contributed by atoms with Gasteiger partial charge in [0, 0.05) is 21.4 Å². The van der Waals surface area contributed by atoms with E-state index in [9.17, 15) is 14.5 Å². The van der Waals surface area contributed by atoms with Gasteiger partial charge in [0.15, 0.2) is 0 Å². The van der Waals surface area contributed by atoms with Crippen LogP contribution in [0.3, 0.4) is 0 Å². The molecule has 0 bridgehead atoms. The number of nitrogens with one attached hydrogen (secondary N) is 1. The summed E-state index contributed by atoms with van der Waals surface area (Å²) in [7, 11) is 0. The highest BCUT2D eigenvalue weighted by molar-refractivity contribution is 14.1. The minimum atomic E-state index is -0.628. The summed E-state index contributed by atoms with van der Waals surface area (Å²) in [6.45, 7) is 1.92. The first-order valence-corrected chi connectivity index (χ1v) is 7.00. The number of halogens is 2. The molecule has 1 N–H and O–H groups in total. The van der Waals surface area contributed by atoms with E-state index in [0.717, 1.165) is 15.2 Å². The lowest BCUT2D eigenvalue weighted by Crippen LogP contribution is -2.07. The number of non-ortho nitro benzene ring substituents is 1. The van der Waals surface area contributed by atoms with E-state index in [4.69, 9.17) is 0 Å². The van der Waals surface area contributed by atoms with Crippen molar-refractivity contribution in [3.05, 3.63) is 67.5 Å². The summed E-state index contributed by atoms with van der Waals surface area (Å²) < 4.78 is 14.5. The summed E-state index contributed by atoms with van der Waals surface area (Å²) in [4.78, 5) is 10.1. The Morgan fingerprint density at radius 2 is 1.90 bits per heavy atom. The summed E-state index contributed by atoms with van der Waals surface area (Å²) in [6.07, 6.45) is 0. The molecule has 2 rings (SSSR count). The van der Waals surface area contributed by atoms with Gasteiger partial charge in [-0.05, 0) is 53.3 Å². The minimum Gasteiger partial charge on any atom is -0.378 e. The molecule has 0 aromatic heterocycles. The molecule has 2 aromatic rings. The largest absolute Gasteiger partial charge is 0.378 e. The first kappa shape index (κ1) is 14.7. The zero-order valence-corrected chi connectivity index (χ0v) is 12.8. The second-order valence-corrected chi connectivity index (χ2v) is 5.62. The van der Waals surface area contributed by atoms with E-state index >= 15 is 0 Å². The smallest absolute Gasteiger partial charge is 0.274 e. The standard InChI is InChI=1S/C14H12FIN2O2/c1-9(10-2-4-12(16)5-3-10)17-13-6-11(15)7-14(8-13)18(19)20/h2-9,17H,1H3. The normalized spacial score (nSPS) is 11.9. The van der Waals surface area contributed by atoms with Gasteiger partial charge in [-0.3, -0.25) is 10.1 Å². The van der Waals surface area contributed by atoms with Crippen molar-refractivity contribution in [1.82, 2.24) is 0 Å². The SMILES string of the molecule is CC(Nc1cc(F)cc([N+](=O)[O-])c1)c1ccc(I)cc1. The predicted molar refractivity (Wildman–Crippen MR) is 84.3 cm³/mol. The third-order valence-corrected chi connectivity index (χ3v) is 3.57. The van der Waals surface area contributed by atoms with Gasteiger partial charge in [-0.15, -0.1) is 0 Å². The van der Waals surface area contributed by atoms with E-state index in [2.05, 4.69) is 27.9 Å². The molecular formula is C14H12FIN2O2.